The van der Waals surface area contributed by atoms with Crippen molar-refractivity contribution in [1.82, 2.24) is 5.32 Å². The van der Waals surface area contributed by atoms with Crippen molar-refractivity contribution in [1.29, 1.82) is 0 Å². The normalized spacial score (nSPS) is 36.9. The summed E-state index contributed by atoms with van der Waals surface area (Å²) in [4.78, 5) is 10.9. The number of carbonyl (C=O) groups is 1. The summed E-state index contributed by atoms with van der Waals surface area (Å²) in [6.07, 6.45) is 8.46. The minimum absolute atomic E-state index is 0.369. The lowest BCUT2D eigenvalue weighted by Gasteiger charge is -2.57. The largest absolute Gasteiger partial charge is 0.478 e. The number of carboxylic acids is 1. The molecule has 0 aromatic heterocycles. The van der Waals surface area contributed by atoms with Gasteiger partial charge in [0.05, 0.1) is 5.56 Å². The van der Waals surface area contributed by atoms with Crippen molar-refractivity contribution in [3.05, 3.63) is 35.4 Å². The van der Waals surface area contributed by atoms with Crippen LogP contribution in [-0.2, 0) is 6.54 Å². The highest BCUT2D eigenvalue weighted by Crippen LogP contribution is 2.55. The standard InChI is InChI=1S/C18H23NO2/c20-17(21)16-3-1-12(2-4-16)11-19-18-8-13-5-14(9-18)7-15(6-13)10-18/h1-4,13-15,19H,5-11H2,(H,20,21). The van der Waals surface area contributed by atoms with Gasteiger partial charge in [0.25, 0.3) is 0 Å². The lowest BCUT2D eigenvalue weighted by atomic mass is 9.53. The molecular weight excluding hydrogens is 262 g/mol. The Balaban J connectivity index is 1.43. The average Bonchev–Trinajstić information content (AvgIpc) is 2.44. The predicted octanol–water partition coefficient (Wildman–Crippen LogP) is 3.44. The van der Waals surface area contributed by atoms with E-state index < -0.39 is 5.97 Å². The van der Waals surface area contributed by atoms with Crippen molar-refractivity contribution in [3.63, 3.8) is 0 Å². The van der Waals surface area contributed by atoms with Crippen LogP contribution in [0.2, 0.25) is 0 Å². The molecule has 4 bridgehead atoms. The van der Waals surface area contributed by atoms with E-state index in [1.54, 1.807) is 12.1 Å². The SMILES string of the molecule is O=C(O)c1ccc(CNC23CC4CC(CC(C4)C2)C3)cc1. The Morgan fingerprint density at radius 1 is 1.05 bits per heavy atom. The van der Waals surface area contributed by atoms with Crippen LogP contribution in [0, 0.1) is 17.8 Å². The van der Waals surface area contributed by atoms with Crippen LogP contribution < -0.4 is 5.32 Å². The average molecular weight is 285 g/mol. The first-order valence-corrected chi connectivity index (χ1v) is 8.19. The molecule has 4 aliphatic carbocycles. The molecule has 0 spiro atoms. The molecule has 0 aliphatic heterocycles. The lowest BCUT2D eigenvalue weighted by molar-refractivity contribution is -0.0206. The second-order valence-electron chi connectivity index (χ2n) is 7.55. The van der Waals surface area contributed by atoms with Gasteiger partial charge >= 0.3 is 5.97 Å². The van der Waals surface area contributed by atoms with Gasteiger partial charge in [-0.05, 0) is 74.0 Å². The maximum absolute atomic E-state index is 10.9. The molecule has 2 N–H and O–H groups in total. The zero-order valence-corrected chi connectivity index (χ0v) is 12.3. The van der Waals surface area contributed by atoms with Crippen molar-refractivity contribution in [2.75, 3.05) is 0 Å². The number of rotatable bonds is 4. The van der Waals surface area contributed by atoms with Crippen LogP contribution in [0.15, 0.2) is 24.3 Å². The molecule has 0 amide bonds. The van der Waals surface area contributed by atoms with Crippen molar-refractivity contribution in [2.24, 2.45) is 17.8 Å². The fourth-order valence-electron chi connectivity index (χ4n) is 5.38. The van der Waals surface area contributed by atoms with Gasteiger partial charge in [-0.1, -0.05) is 12.1 Å². The van der Waals surface area contributed by atoms with Gasteiger partial charge in [0.2, 0.25) is 0 Å². The predicted molar refractivity (Wildman–Crippen MR) is 81.1 cm³/mol. The van der Waals surface area contributed by atoms with Crippen molar-refractivity contribution in [3.8, 4) is 0 Å². The van der Waals surface area contributed by atoms with Gasteiger partial charge in [-0.25, -0.2) is 4.79 Å². The van der Waals surface area contributed by atoms with E-state index >= 15 is 0 Å². The highest BCUT2D eigenvalue weighted by molar-refractivity contribution is 5.87. The summed E-state index contributed by atoms with van der Waals surface area (Å²) in [5.74, 6) is 2.02. The molecule has 3 nitrogen and oxygen atoms in total. The molecule has 4 fully saturated rings. The van der Waals surface area contributed by atoms with Crippen LogP contribution in [0.5, 0.6) is 0 Å². The minimum atomic E-state index is -0.851. The summed E-state index contributed by atoms with van der Waals surface area (Å²) >= 11 is 0. The summed E-state index contributed by atoms with van der Waals surface area (Å²) < 4.78 is 0. The van der Waals surface area contributed by atoms with Crippen LogP contribution >= 0.6 is 0 Å². The molecule has 1 aromatic carbocycles. The third-order valence-corrected chi connectivity index (χ3v) is 5.91. The number of aromatic carboxylic acids is 1. The zero-order valence-electron chi connectivity index (χ0n) is 12.3. The summed E-state index contributed by atoms with van der Waals surface area (Å²) in [7, 11) is 0. The highest BCUT2D eigenvalue weighted by atomic mass is 16.4. The van der Waals surface area contributed by atoms with E-state index in [9.17, 15) is 4.79 Å². The van der Waals surface area contributed by atoms with Crippen molar-refractivity contribution >= 4 is 5.97 Å². The molecule has 0 atom stereocenters. The zero-order chi connectivity index (χ0) is 14.4. The Hall–Kier alpha value is -1.35. The fourth-order valence-corrected chi connectivity index (χ4v) is 5.38. The van der Waals surface area contributed by atoms with E-state index in [-0.39, 0.29) is 0 Å². The second-order valence-corrected chi connectivity index (χ2v) is 7.55. The lowest BCUT2D eigenvalue weighted by Crippen LogP contribution is -2.58. The third kappa shape index (κ3) is 2.48. The molecule has 21 heavy (non-hydrogen) atoms. The highest BCUT2D eigenvalue weighted by Gasteiger charge is 2.50. The molecule has 1 aromatic rings. The Morgan fingerprint density at radius 3 is 2.05 bits per heavy atom. The van der Waals surface area contributed by atoms with Gasteiger partial charge < -0.3 is 10.4 Å². The summed E-state index contributed by atoms with van der Waals surface area (Å²) in [5, 5.41) is 12.8. The molecule has 4 aliphatic rings. The van der Waals surface area contributed by atoms with Crippen LogP contribution in [0.1, 0.15) is 54.4 Å². The smallest absolute Gasteiger partial charge is 0.335 e. The van der Waals surface area contributed by atoms with Crippen LogP contribution in [0.25, 0.3) is 0 Å². The molecule has 0 heterocycles. The summed E-state index contributed by atoms with van der Waals surface area (Å²) in [6.45, 7) is 0.867. The second kappa shape index (κ2) is 4.84. The Morgan fingerprint density at radius 2 is 1.57 bits per heavy atom. The van der Waals surface area contributed by atoms with Crippen LogP contribution in [0.4, 0.5) is 0 Å². The Bertz CT molecular complexity index is 514. The fraction of sp³-hybridized carbons (Fsp3) is 0.611. The number of benzene rings is 1. The Kier molecular flexibility index (Phi) is 3.07. The molecule has 0 radical (unpaired) electrons. The first kappa shape index (κ1) is 13.3. The molecule has 3 heteroatoms. The van der Waals surface area contributed by atoms with Gasteiger partial charge in [-0.2, -0.15) is 0 Å². The summed E-state index contributed by atoms with van der Waals surface area (Å²) in [5.41, 5.74) is 1.93. The molecule has 0 unspecified atom stereocenters. The first-order valence-electron chi connectivity index (χ1n) is 8.19. The van der Waals surface area contributed by atoms with Gasteiger partial charge in [0, 0.05) is 12.1 Å². The number of hydrogen-bond donors (Lipinski definition) is 2. The quantitative estimate of drug-likeness (QED) is 0.891. The number of carboxylic acid groups (broad SMARTS) is 1. The van der Waals surface area contributed by atoms with Gasteiger partial charge in [0.1, 0.15) is 0 Å². The van der Waals surface area contributed by atoms with Gasteiger partial charge in [-0.3, -0.25) is 0 Å². The maximum Gasteiger partial charge on any atom is 0.335 e. The van der Waals surface area contributed by atoms with Crippen LogP contribution in [0.3, 0.4) is 0 Å². The molecule has 112 valence electrons. The number of nitrogens with one attached hydrogen (secondary N) is 1. The maximum atomic E-state index is 10.9. The van der Waals surface area contributed by atoms with Crippen molar-refractivity contribution < 1.29 is 9.90 Å². The molecular formula is C18H23NO2. The van der Waals surface area contributed by atoms with Crippen molar-refractivity contribution in [2.45, 2.75) is 50.6 Å². The van der Waals surface area contributed by atoms with Gasteiger partial charge in [0.15, 0.2) is 0 Å². The van der Waals surface area contributed by atoms with E-state index in [1.807, 2.05) is 12.1 Å². The number of hydrogen-bond acceptors (Lipinski definition) is 2. The topological polar surface area (TPSA) is 49.3 Å². The first-order chi connectivity index (χ1) is 10.1. The minimum Gasteiger partial charge on any atom is -0.478 e. The van der Waals surface area contributed by atoms with Crippen LogP contribution in [-0.4, -0.2) is 16.6 Å². The van der Waals surface area contributed by atoms with E-state index in [4.69, 9.17) is 5.11 Å². The molecule has 4 saturated carbocycles. The summed E-state index contributed by atoms with van der Waals surface area (Å²) in [6, 6.07) is 7.30. The van der Waals surface area contributed by atoms with E-state index in [1.165, 1.54) is 44.1 Å². The van der Waals surface area contributed by atoms with E-state index in [2.05, 4.69) is 5.32 Å². The van der Waals surface area contributed by atoms with E-state index in [0.29, 0.717) is 11.1 Å². The third-order valence-electron chi connectivity index (χ3n) is 5.91. The molecule has 0 saturated heterocycles. The van der Waals surface area contributed by atoms with E-state index in [0.717, 1.165) is 24.3 Å². The van der Waals surface area contributed by atoms with Gasteiger partial charge in [-0.15, -0.1) is 0 Å². The molecule has 5 rings (SSSR count). The Labute approximate surface area is 125 Å². The monoisotopic (exact) mass is 285 g/mol.